The third kappa shape index (κ3) is 3.06. The van der Waals surface area contributed by atoms with Crippen LogP contribution in [0.3, 0.4) is 0 Å². The lowest BCUT2D eigenvalue weighted by molar-refractivity contribution is -0.137. The summed E-state index contributed by atoms with van der Waals surface area (Å²) in [7, 11) is 1.88. The van der Waals surface area contributed by atoms with Crippen molar-refractivity contribution in [1.29, 1.82) is 0 Å². The number of nitrogens with one attached hydrogen (secondary N) is 1. The van der Waals surface area contributed by atoms with Gasteiger partial charge in [0.1, 0.15) is 5.82 Å². The third-order valence-electron chi connectivity index (χ3n) is 4.09. The Kier molecular flexibility index (Phi) is 3.95. The predicted octanol–water partition coefficient (Wildman–Crippen LogP) is 3.42. The van der Waals surface area contributed by atoms with E-state index in [1.54, 1.807) is 4.90 Å². The quantitative estimate of drug-likeness (QED) is 0.840. The Balaban J connectivity index is 2.15. The Bertz CT molecular complexity index is 477. The molecule has 1 saturated heterocycles. The molecular formula is C14H18F4N2. The molecule has 1 N–H and O–H groups in total. The Hall–Kier alpha value is -1.30. The number of rotatable bonds is 2. The van der Waals surface area contributed by atoms with Crippen molar-refractivity contribution in [3.8, 4) is 0 Å². The number of piperidine rings is 1. The lowest BCUT2D eigenvalue weighted by Gasteiger charge is -2.40. The first-order chi connectivity index (χ1) is 9.25. The summed E-state index contributed by atoms with van der Waals surface area (Å²) < 4.78 is 51.4. The first-order valence-electron chi connectivity index (χ1n) is 6.56. The van der Waals surface area contributed by atoms with Crippen LogP contribution in [0.4, 0.5) is 23.2 Å². The minimum atomic E-state index is -4.51. The van der Waals surface area contributed by atoms with E-state index in [0.717, 1.165) is 18.9 Å². The van der Waals surface area contributed by atoms with E-state index in [2.05, 4.69) is 12.2 Å². The standard InChI is InChI=1S/C14H18F4N2/c1-13(19-2)5-7-20(8-6-13)12-4-3-10(9-11(12)15)14(16,17)18/h3-4,9,19H,5-8H2,1-2H3. The van der Waals surface area contributed by atoms with Gasteiger partial charge in [-0.15, -0.1) is 0 Å². The van der Waals surface area contributed by atoms with Crippen LogP contribution in [0.5, 0.6) is 0 Å². The zero-order chi connectivity index (χ0) is 15.0. The molecule has 1 fully saturated rings. The number of hydrogen-bond acceptors (Lipinski definition) is 2. The first-order valence-corrected chi connectivity index (χ1v) is 6.56. The van der Waals surface area contributed by atoms with Crippen LogP contribution in [0.15, 0.2) is 18.2 Å². The summed E-state index contributed by atoms with van der Waals surface area (Å²) in [5, 5.41) is 3.23. The maximum Gasteiger partial charge on any atom is 0.416 e. The van der Waals surface area contributed by atoms with E-state index in [0.29, 0.717) is 19.2 Å². The van der Waals surface area contributed by atoms with Gasteiger partial charge in [0.05, 0.1) is 11.3 Å². The molecule has 112 valence electrons. The van der Waals surface area contributed by atoms with E-state index in [1.165, 1.54) is 6.07 Å². The van der Waals surface area contributed by atoms with Gasteiger partial charge in [-0.3, -0.25) is 0 Å². The fourth-order valence-corrected chi connectivity index (χ4v) is 2.43. The summed E-state index contributed by atoms with van der Waals surface area (Å²) in [5.41, 5.74) is -0.689. The molecule has 2 rings (SSSR count). The zero-order valence-electron chi connectivity index (χ0n) is 11.5. The third-order valence-corrected chi connectivity index (χ3v) is 4.09. The van der Waals surface area contributed by atoms with Gasteiger partial charge in [0.15, 0.2) is 0 Å². The summed E-state index contributed by atoms with van der Waals surface area (Å²) in [6, 6.07) is 2.73. The van der Waals surface area contributed by atoms with Crippen LogP contribution < -0.4 is 10.2 Å². The number of nitrogens with zero attached hydrogens (tertiary/aromatic N) is 1. The van der Waals surface area contributed by atoms with Gasteiger partial charge in [-0.2, -0.15) is 13.2 Å². The second-order valence-corrected chi connectivity index (χ2v) is 5.46. The van der Waals surface area contributed by atoms with Crippen LogP contribution in [0, 0.1) is 5.82 Å². The highest BCUT2D eigenvalue weighted by Gasteiger charge is 2.33. The fraction of sp³-hybridized carbons (Fsp3) is 0.571. The van der Waals surface area contributed by atoms with E-state index in [4.69, 9.17) is 0 Å². The van der Waals surface area contributed by atoms with Gasteiger partial charge < -0.3 is 10.2 Å². The van der Waals surface area contributed by atoms with Gasteiger partial charge in [0.25, 0.3) is 0 Å². The van der Waals surface area contributed by atoms with Gasteiger partial charge in [-0.25, -0.2) is 4.39 Å². The van der Waals surface area contributed by atoms with E-state index in [-0.39, 0.29) is 11.2 Å². The number of anilines is 1. The van der Waals surface area contributed by atoms with Crippen molar-refractivity contribution in [3.05, 3.63) is 29.6 Å². The lowest BCUT2D eigenvalue weighted by atomic mass is 9.89. The largest absolute Gasteiger partial charge is 0.416 e. The molecule has 2 nitrogen and oxygen atoms in total. The molecule has 20 heavy (non-hydrogen) atoms. The summed E-state index contributed by atoms with van der Waals surface area (Å²) in [6.07, 6.45) is -2.86. The summed E-state index contributed by atoms with van der Waals surface area (Å²) in [4.78, 5) is 1.80. The maximum atomic E-state index is 13.9. The maximum absolute atomic E-state index is 13.9. The van der Waals surface area contributed by atoms with Gasteiger partial charge >= 0.3 is 6.18 Å². The molecule has 0 saturated carbocycles. The summed E-state index contributed by atoms with van der Waals surface area (Å²) in [6.45, 7) is 3.34. The van der Waals surface area contributed by atoms with Crippen molar-refractivity contribution < 1.29 is 17.6 Å². The average Bonchev–Trinajstić information content (AvgIpc) is 2.39. The molecule has 1 aromatic carbocycles. The number of halogens is 4. The molecule has 0 amide bonds. The molecular weight excluding hydrogens is 272 g/mol. The molecule has 6 heteroatoms. The Morgan fingerprint density at radius 1 is 1.20 bits per heavy atom. The van der Waals surface area contributed by atoms with Crippen LogP contribution in [0.1, 0.15) is 25.3 Å². The minimum absolute atomic E-state index is 0.0128. The molecule has 1 heterocycles. The molecule has 1 aromatic rings. The molecule has 1 aliphatic rings. The number of benzene rings is 1. The van der Waals surface area contributed by atoms with Gasteiger partial charge in [0.2, 0.25) is 0 Å². The van der Waals surface area contributed by atoms with Crippen LogP contribution in [-0.2, 0) is 6.18 Å². The van der Waals surface area contributed by atoms with Crippen molar-refractivity contribution in [2.45, 2.75) is 31.5 Å². The second-order valence-electron chi connectivity index (χ2n) is 5.46. The topological polar surface area (TPSA) is 15.3 Å². The average molecular weight is 290 g/mol. The summed E-state index contributed by atoms with van der Waals surface area (Å²) in [5.74, 6) is -0.812. The predicted molar refractivity (Wildman–Crippen MR) is 70.3 cm³/mol. The Labute approximate surface area is 115 Å². The molecule has 0 bridgehead atoms. The van der Waals surface area contributed by atoms with Crippen LogP contribution >= 0.6 is 0 Å². The van der Waals surface area contributed by atoms with E-state index in [9.17, 15) is 17.6 Å². The monoisotopic (exact) mass is 290 g/mol. The molecule has 0 spiro atoms. The minimum Gasteiger partial charge on any atom is -0.369 e. The molecule has 0 aliphatic carbocycles. The lowest BCUT2D eigenvalue weighted by Crippen LogP contribution is -2.50. The molecule has 0 aromatic heterocycles. The zero-order valence-corrected chi connectivity index (χ0v) is 11.5. The van der Waals surface area contributed by atoms with Crippen molar-refractivity contribution in [2.24, 2.45) is 0 Å². The second kappa shape index (κ2) is 5.24. The van der Waals surface area contributed by atoms with Crippen molar-refractivity contribution in [3.63, 3.8) is 0 Å². The van der Waals surface area contributed by atoms with E-state index < -0.39 is 17.6 Å². The van der Waals surface area contributed by atoms with Crippen molar-refractivity contribution >= 4 is 5.69 Å². The molecule has 0 radical (unpaired) electrons. The number of alkyl halides is 3. The van der Waals surface area contributed by atoms with Gasteiger partial charge in [-0.1, -0.05) is 0 Å². The van der Waals surface area contributed by atoms with Crippen LogP contribution in [-0.4, -0.2) is 25.7 Å². The normalized spacial score (nSPS) is 19.2. The highest BCUT2D eigenvalue weighted by atomic mass is 19.4. The van der Waals surface area contributed by atoms with Crippen molar-refractivity contribution in [1.82, 2.24) is 5.32 Å². The Morgan fingerprint density at radius 3 is 2.25 bits per heavy atom. The van der Waals surface area contributed by atoms with Gasteiger partial charge in [-0.05, 0) is 45.0 Å². The molecule has 0 unspecified atom stereocenters. The fourth-order valence-electron chi connectivity index (χ4n) is 2.43. The summed E-state index contributed by atoms with van der Waals surface area (Å²) >= 11 is 0. The smallest absolute Gasteiger partial charge is 0.369 e. The van der Waals surface area contributed by atoms with E-state index >= 15 is 0 Å². The molecule has 0 atom stereocenters. The number of hydrogen-bond donors (Lipinski definition) is 1. The highest BCUT2D eigenvalue weighted by Crippen LogP contribution is 2.33. The van der Waals surface area contributed by atoms with Gasteiger partial charge in [0, 0.05) is 18.6 Å². The first kappa shape index (κ1) is 15.1. The van der Waals surface area contributed by atoms with E-state index in [1.807, 2.05) is 7.05 Å². The molecule has 1 aliphatic heterocycles. The highest BCUT2D eigenvalue weighted by molar-refractivity contribution is 5.50. The Morgan fingerprint density at radius 2 is 1.80 bits per heavy atom. The SMILES string of the molecule is CNC1(C)CCN(c2ccc(C(F)(F)F)cc2F)CC1. The van der Waals surface area contributed by atoms with Crippen LogP contribution in [0.2, 0.25) is 0 Å². The van der Waals surface area contributed by atoms with Crippen LogP contribution in [0.25, 0.3) is 0 Å². The van der Waals surface area contributed by atoms with Crippen molar-refractivity contribution in [2.75, 3.05) is 25.0 Å².